The minimum Gasteiger partial charge on any atom is -0.338 e. The number of aryl methyl sites for hydroxylation is 2. The predicted molar refractivity (Wildman–Crippen MR) is 106 cm³/mol. The van der Waals surface area contributed by atoms with Crippen LogP contribution < -0.4 is 10.7 Å². The molecule has 2 aliphatic rings. The monoisotopic (exact) mass is 397 g/mol. The molecule has 4 heterocycles. The summed E-state index contributed by atoms with van der Waals surface area (Å²) in [6.07, 6.45) is 2.59. The lowest BCUT2D eigenvalue weighted by atomic mass is 10.0. The van der Waals surface area contributed by atoms with Gasteiger partial charge in [-0.15, -0.1) is 0 Å². The number of hydrogen-bond acceptors (Lipinski definition) is 5. The third kappa shape index (κ3) is 3.26. The Morgan fingerprint density at radius 3 is 2.55 bits per heavy atom. The summed E-state index contributed by atoms with van der Waals surface area (Å²) in [6, 6.07) is 2.89. The molecule has 2 aromatic rings. The van der Waals surface area contributed by atoms with Gasteiger partial charge in [0, 0.05) is 37.6 Å². The van der Waals surface area contributed by atoms with Crippen molar-refractivity contribution in [2.75, 3.05) is 19.6 Å². The smallest absolute Gasteiger partial charge is 0.324 e. The number of carbonyl (C=O) groups excluding carboxylic acids is 3. The quantitative estimate of drug-likeness (QED) is 0.775. The molecule has 0 aromatic carbocycles. The standard InChI is InChI=1S/C20H23N5O4/c1-3-23-11-15(17(27)14-5-4-12(2)22-18(14)23)19(28)24-8-6-13(7-9-24)25-16(26)10-21-20(25)29/h4-5,11,13H,3,6-10H2,1-2H3,(H,21,29). The van der Waals surface area contributed by atoms with Crippen molar-refractivity contribution in [1.82, 2.24) is 24.7 Å². The first kappa shape index (κ1) is 19.1. The number of hydrogen-bond donors (Lipinski definition) is 1. The Bertz CT molecular complexity index is 1050. The molecule has 4 amide bonds. The Hall–Kier alpha value is -3.23. The number of nitrogens with zero attached hydrogens (tertiary/aromatic N) is 4. The molecule has 0 bridgehead atoms. The number of fused-ring (bicyclic) bond motifs is 1. The Morgan fingerprint density at radius 1 is 1.21 bits per heavy atom. The van der Waals surface area contributed by atoms with Crippen molar-refractivity contribution in [1.29, 1.82) is 0 Å². The zero-order chi connectivity index (χ0) is 20.7. The van der Waals surface area contributed by atoms with Crippen LogP contribution >= 0.6 is 0 Å². The summed E-state index contributed by atoms with van der Waals surface area (Å²) in [7, 11) is 0. The molecule has 0 saturated carbocycles. The zero-order valence-corrected chi connectivity index (χ0v) is 16.5. The van der Waals surface area contributed by atoms with Crippen LogP contribution in [0.2, 0.25) is 0 Å². The molecule has 1 N–H and O–H groups in total. The topological polar surface area (TPSA) is 105 Å². The molecule has 0 atom stereocenters. The van der Waals surface area contributed by atoms with E-state index >= 15 is 0 Å². The third-order valence-electron chi connectivity index (χ3n) is 5.63. The molecule has 0 radical (unpaired) electrons. The van der Waals surface area contributed by atoms with Crippen molar-refractivity contribution < 1.29 is 14.4 Å². The molecule has 0 unspecified atom stereocenters. The largest absolute Gasteiger partial charge is 0.338 e. The molecule has 2 saturated heterocycles. The van der Waals surface area contributed by atoms with Crippen molar-refractivity contribution in [3.05, 3.63) is 39.8 Å². The van der Waals surface area contributed by atoms with E-state index in [4.69, 9.17) is 0 Å². The van der Waals surface area contributed by atoms with Crippen molar-refractivity contribution in [2.24, 2.45) is 0 Å². The lowest BCUT2D eigenvalue weighted by molar-refractivity contribution is -0.127. The molecule has 4 rings (SSSR count). The van der Waals surface area contributed by atoms with Gasteiger partial charge in [0.25, 0.3) is 5.91 Å². The van der Waals surface area contributed by atoms with E-state index in [9.17, 15) is 19.2 Å². The average Bonchev–Trinajstić information content (AvgIpc) is 3.06. The maximum atomic E-state index is 13.1. The predicted octanol–water partition coefficient (Wildman–Crippen LogP) is 0.881. The first-order valence-electron chi connectivity index (χ1n) is 9.80. The van der Waals surface area contributed by atoms with E-state index in [2.05, 4.69) is 10.3 Å². The van der Waals surface area contributed by atoms with E-state index in [1.165, 1.54) is 4.90 Å². The van der Waals surface area contributed by atoms with E-state index in [1.807, 2.05) is 18.4 Å². The molecule has 2 aliphatic heterocycles. The number of imide groups is 1. The van der Waals surface area contributed by atoms with Crippen LogP contribution in [0.5, 0.6) is 0 Å². The van der Waals surface area contributed by atoms with E-state index in [0.29, 0.717) is 43.5 Å². The second kappa shape index (κ2) is 7.31. The normalized spacial score (nSPS) is 17.9. The molecular weight excluding hydrogens is 374 g/mol. The molecular formula is C20H23N5O4. The van der Waals surface area contributed by atoms with Gasteiger partial charge in [0.05, 0.1) is 11.9 Å². The zero-order valence-electron chi connectivity index (χ0n) is 16.5. The second-order valence-electron chi connectivity index (χ2n) is 7.43. The lowest BCUT2D eigenvalue weighted by Crippen LogP contribution is -2.49. The van der Waals surface area contributed by atoms with Crippen molar-refractivity contribution >= 4 is 28.9 Å². The van der Waals surface area contributed by atoms with Gasteiger partial charge in [0.15, 0.2) is 0 Å². The Balaban J connectivity index is 1.58. The van der Waals surface area contributed by atoms with Gasteiger partial charge in [-0.3, -0.25) is 19.3 Å². The van der Waals surface area contributed by atoms with Gasteiger partial charge in [-0.2, -0.15) is 0 Å². The minimum absolute atomic E-state index is 0.0269. The highest BCUT2D eigenvalue weighted by atomic mass is 16.2. The number of rotatable bonds is 3. The van der Waals surface area contributed by atoms with Gasteiger partial charge in [0.2, 0.25) is 11.3 Å². The molecule has 9 nitrogen and oxygen atoms in total. The van der Waals surface area contributed by atoms with E-state index < -0.39 is 0 Å². The van der Waals surface area contributed by atoms with Crippen molar-refractivity contribution in [2.45, 2.75) is 39.3 Å². The highest BCUT2D eigenvalue weighted by molar-refractivity contribution is 6.02. The van der Waals surface area contributed by atoms with Gasteiger partial charge in [-0.1, -0.05) is 0 Å². The lowest BCUT2D eigenvalue weighted by Gasteiger charge is -2.35. The van der Waals surface area contributed by atoms with Crippen LogP contribution in [0, 0.1) is 6.92 Å². The number of urea groups is 1. The first-order valence-corrected chi connectivity index (χ1v) is 9.80. The molecule has 0 spiro atoms. The van der Waals surface area contributed by atoms with Crippen molar-refractivity contribution in [3.63, 3.8) is 0 Å². The van der Waals surface area contributed by atoms with Gasteiger partial charge in [0.1, 0.15) is 11.2 Å². The summed E-state index contributed by atoms with van der Waals surface area (Å²) in [6.45, 7) is 5.18. The fourth-order valence-electron chi connectivity index (χ4n) is 4.06. The number of carbonyl (C=O) groups is 3. The highest BCUT2D eigenvalue weighted by Crippen LogP contribution is 2.20. The van der Waals surface area contributed by atoms with E-state index in [1.54, 1.807) is 23.2 Å². The van der Waals surface area contributed by atoms with Crippen LogP contribution in [-0.4, -0.2) is 62.9 Å². The van der Waals surface area contributed by atoms with Crippen molar-refractivity contribution in [3.8, 4) is 0 Å². The number of likely N-dealkylation sites (tertiary alicyclic amines) is 1. The summed E-state index contributed by atoms with van der Waals surface area (Å²) >= 11 is 0. The molecule has 152 valence electrons. The van der Waals surface area contributed by atoms with Gasteiger partial charge in [-0.05, 0) is 38.8 Å². The minimum atomic E-state index is -0.372. The fourth-order valence-corrected chi connectivity index (χ4v) is 4.06. The van der Waals surface area contributed by atoms with E-state index in [0.717, 1.165) is 5.69 Å². The molecule has 0 aliphatic carbocycles. The summed E-state index contributed by atoms with van der Waals surface area (Å²) in [5.74, 6) is -0.557. The van der Waals surface area contributed by atoms with Gasteiger partial charge >= 0.3 is 6.03 Å². The number of nitrogens with one attached hydrogen (secondary N) is 1. The highest BCUT2D eigenvalue weighted by Gasteiger charge is 2.37. The average molecular weight is 397 g/mol. The molecule has 2 fully saturated rings. The maximum absolute atomic E-state index is 13.1. The summed E-state index contributed by atoms with van der Waals surface area (Å²) in [5.41, 5.74) is 1.18. The second-order valence-corrected chi connectivity index (χ2v) is 7.43. The summed E-state index contributed by atoms with van der Waals surface area (Å²) < 4.78 is 1.82. The number of pyridine rings is 2. The Morgan fingerprint density at radius 2 is 1.93 bits per heavy atom. The van der Waals surface area contributed by atoms with Gasteiger partial charge in [-0.25, -0.2) is 9.78 Å². The van der Waals surface area contributed by atoms with Crippen LogP contribution in [0.25, 0.3) is 11.0 Å². The van der Waals surface area contributed by atoms with Crippen LogP contribution in [0.3, 0.4) is 0 Å². The van der Waals surface area contributed by atoms with Crippen LogP contribution in [0.15, 0.2) is 23.1 Å². The number of aromatic nitrogens is 2. The summed E-state index contributed by atoms with van der Waals surface area (Å²) in [4.78, 5) is 57.1. The van der Waals surface area contributed by atoms with Crippen LogP contribution in [0.1, 0.15) is 35.8 Å². The fraction of sp³-hybridized carbons (Fsp3) is 0.450. The molecule has 29 heavy (non-hydrogen) atoms. The Labute approximate surface area is 167 Å². The Kier molecular flexibility index (Phi) is 4.81. The third-order valence-corrected chi connectivity index (χ3v) is 5.63. The van der Waals surface area contributed by atoms with Crippen LogP contribution in [-0.2, 0) is 11.3 Å². The summed E-state index contributed by atoms with van der Waals surface area (Å²) in [5, 5.41) is 2.95. The van der Waals surface area contributed by atoms with E-state index in [-0.39, 0.29) is 41.4 Å². The maximum Gasteiger partial charge on any atom is 0.324 e. The number of amides is 4. The number of piperidine rings is 1. The van der Waals surface area contributed by atoms with Crippen LogP contribution in [0.4, 0.5) is 4.79 Å². The molecule has 2 aromatic heterocycles. The SMILES string of the molecule is CCn1cc(C(=O)N2CCC(N3C(=O)CNC3=O)CC2)c(=O)c2ccc(C)nc21. The first-order chi connectivity index (χ1) is 13.9. The van der Waals surface area contributed by atoms with Gasteiger partial charge < -0.3 is 14.8 Å². The molecule has 9 heteroatoms.